The third kappa shape index (κ3) is 5.06. The highest BCUT2D eigenvalue weighted by Crippen LogP contribution is 2.55. The highest BCUT2D eigenvalue weighted by Gasteiger charge is 2.40. The lowest BCUT2D eigenvalue weighted by Gasteiger charge is -2.25. The Kier molecular flexibility index (Phi) is 7.28. The molecule has 2 aliphatic rings. The van der Waals surface area contributed by atoms with E-state index in [4.69, 9.17) is 15.0 Å². The van der Waals surface area contributed by atoms with Gasteiger partial charge in [-0.1, -0.05) is 166 Å². The zero-order valence-electron chi connectivity index (χ0n) is 33.2. The van der Waals surface area contributed by atoms with Crippen LogP contribution in [0.2, 0.25) is 0 Å². The standard InChI is InChI=1S/C55H40N4/c1-33-25-26-42-44-28-27-43-47-31-45-40-23-12-10-21-38(40)39-22-11-13-24-41(39)46(45)32-48(47)55(2,3)50(43)51(44)59(49(42)29-33)37-20-14-19-36(30-37)54-57-52(34-15-6-4-7-16-34)56-53(58-54)35-17-8-5-9-18-35/h4-28,30-33H,29H2,1-3H3. The average molecular weight is 757 g/mol. The second-order valence-electron chi connectivity index (χ2n) is 16.9. The molecule has 1 atom stereocenters. The molecule has 0 fully saturated rings. The first-order valence-electron chi connectivity index (χ1n) is 20.7. The van der Waals surface area contributed by atoms with Crippen LogP contribution < -0.4 is 0 Å². The molecule has 4 heteroatoms. The lowest BCUT2D eigenvalue weighted by Crippen LogP contribution is -2.17. The van der Waals surface area contributed by atoms with Crippen molar-refractivity contribution in [3.63, 3.8) is 0 Å². The lowest BCUT2D eigenvalue weighted by atomic mass is 9.80. The molecule has 0 N–H and O–H groups in total. The van der Waals surface area contributed by atoms with Gasteiger partial charge in [-0.15, -0.1) is 0 Å². The number of nitrogens with zero attached hydrogens (tertiary/aromatic N) is 4. The van der Waals surface area contributed by atoms with Crippen LogP contribution in [0.1, 0.15) is 43.2 Å². The Labute approximate surface area is 343 Å². The van der Waals surface area contributed by atoms with Crippen LogP contribution in [0.3, 0.4) is 0 Å². The van der Waals surface area contributed by atoms with E-state index in [1.165, 1.54) is 76.7 Å². The highest BCUT2D eigenvalue weighted by molar-refractivity contribution is 6.26. The first-order valence-corrected chi connectivity index (χ1v) is 20.7. The molecule has 0 saturated heterocycles. The second kappa shape index (κ2) is 12.7. The van der Waals surface area contributed by atoms with E-state index in [-0.39, 0.29) is 5.41 Å². The van der Waals surface area contributed by atoms with Crippen LogP contribution in [0.5, 0.6) is 0 Å². The topological polar surface area (TPSA) is 43.6 Å². The Morgan fingerprint density at radius 1 is 0.508 bits per heavy atom. The number of aromatic nitrogens is 4. The number of rotatable bonds is 4. The molecule has 280 valence electrons. The van der Waals surface area contributed by atoms with E-state index in [0.29, 0.717) is 23.4 Å². The largest absolute Gasteiger partial charge is 0.313 e. The number of allylic oxidation sites excluding steroid dienone is 1. The fourth-order valence-electron chi connectivity index (χ4n) is 10.2. The Hall–Kier alpha value is -7.17. The van der Waals surface area contributed by atoms with E-state index >= 15 is 0 Å². The predicted octanol–water partition coefficient (Wildman–Crippen LogP) is 13.8. The van der Waals surface area contributed by atoms with Crippen LogP contribution in [0.25, 0.3) is 100 Å². The molecular formula is C55H40N4. The number of fused-ring (bicyclic) bond motifs is 13. The summed E-state index contributed by atoms with van der Waals surface area (Å²) in [5.41, 5.74) is 13.1. The summed E-state index contributed by atoms with van der Waals surface area (Å²) in [6.07, 6.45) is 5.70. The Bertz CT molecular complexity index is 3330. The molecule has 59 heavy (non-hydrogen) atoms. The fourth-order valence-corrected chi connectivity index (χ4v) is 10.2. The Morgan fingerprint density at radius 2 is 1.05 bits per heavy atom. The van der Waals surface area contributed by atoms with Crippen LogP contribution in [-0.4, -0.2) is 19.5 Å². The minimum Gasteiger partial charge on any atom is -0.313 e. The van der Waals surface area contributed by atoms with Gasteiger partial charge in [0.2, 0.25) is 0 Å². The third-order valence-electron chi connectivity index (χ3n) is 12.9. The van der Waals surface area contributed by atoms with Crippen LogP contribution >= 0.6 is 0 Å². The maximum absolute atomic E-state index is 5.12. The zero-order chi connectivity index (χ0) is 39.4. The summed E-state index contributed by atoms with van der Waals surface area (Å²) in [5.74, 6) is 2.40. The summed E-state index contributed by atoms with van der Waals surface area (Å²) in [4.78, 5) is 15.2. The molecule has 0 spiro atoms. The molecule has 0 saturated carbocycles. The van der Waals surface area contributed by atoms with Gasteiger partial charge in [-0.05, 0) is 91.2 Å². The van der Waals surface area contributed by atoms with Gasteiger partial charge in [-0.25, -0.2) is 15.0 Å². The normalized spacial score (nSPS) is 15.2. The summed E-state index contributed by atoms with van der Waals surface area (Å²) in [6.45, 7) is 7.18. The summed E-state index contributed by atoms with van der Waals surface area (Å²) < 4.78 is 2.57. The quantitative estimate of drug-likeness (QED) is 0.168. The molecule has 0 bridgehead atoms. The average Bonchev–Trinajstić information content (AvgIpc) is 3.73. The van der Waals surface area contributed by atoms with Crippen LogP contribution in [0, 0.1) is 5.92 Å². The Balaban J connectivity index is 1.10. The van der Waals surface area contributed by atoms with Gasteiger partial charge in [0.05, 0.1) is 5.52 Å². The van der Waals surface area contributed by atoms with E-state index in [9.17, 15) is 0 Å². The maximum atomic E-state index is 5.12. The SMILES string of the molecule is CC1C=Cc2c(n(-c3cccc(-c4nc(-c5ccccc5)nc(-c5ccccc5)n4)c3)c3c4c(ccc23)-c2cc3c5ccccc5c5ccccc5c3cc2C4(C)C)C1. The molecule has 12 rings (SSSR count). The molecule has 2 aliphatic carbocycles. The van der Waals surface area contributed by atoms with E-state index in [1.807, 2.05) is 36.4 Å². The number of benzene rings is 8. The predicted molar refractivity (Wildman–Crippen MR) is 245 cm³/mol. The van der Waals surface area contributed by atoms with Crippen molar-refractivity contribution in [3.05, 3.63) is 186 Å². The van der Waals surface area contributed by atoms with Gasteiger partial charge in [0.25, 0.3) is 0 Å². The molecule has 0 radical (unpaired) electrons. The number of hydrogen-bond acceptors (Lipinski definition) is 3. The van der Waals surface area contributed by atoms with Gasteiger partial charge in [-0.3, -0.25) is 0 Å². The first kappa shape index (κ1) is 33.9. The minimum atomic E-state index is -0.264. The van der Waals surface area contributed by atoms with Gasteiger partial charge in [0.1, 0.15) is 0 Å². The molecule has 2 heterocycles. The molecule has 4 nitrogen and oxygen atoms in total. The van der Waals surface area contributed by atoms with E-state index in [1.54, 1.807) is 0 Å². The van der Waals surface area contributed by atoms with Crippen LogP contribution in [0.15, 0.2) is 164 Å². The molecular weight excluding hydrogens is 717 g/mol. The molecule has 2 aromatic heterocycles. The summed E-state index contributed by atoms with van der Waals surface area (Å²) in [6, 6.07) is 56.8. The van der Waals surface area contributed by atoms with Crippen molar-refractivity contribution in [3.8, 4) is 51.0 Å². The van der Waals surface area contributed by atoms with Gasteiger partial charge in [0, 0.05) is 44.4 Å². The van der Waals surface area contributed by atoms with Crippen molar-refractivity contribution >= 4 is 49.3 Å². The van der Waals surface area contributed by atoms with Crippen molar-refractivity contribution in [2.45, 2.75) is 32.6 Å². The van der Waals surface area contributed by atoms with Gasteiger partial charge in [0.15, 0.2) is 17.5 Å². The Morgan fingerprint density at radius 3 is 1.68 bits per heavy atom. The minimum absolute atomic E-state index is 0.264. The van der Waals surface area contributed by atoms with Gasteiger partial charge in [-0.2, -0.15) is 0 Å². The van der Waals surface area contributed by atoms with Crippen molar-refractivity contribution < 1.29 is 0 Å². The molecule has 8 aromatic carbocycles. The highest BCUT2D eigenvalue weighted by atomic mass is 15.0. The van der Waals surface area contributed by atoms with E-state index in [2.05, 4.69) is 159 Å². The van der Waals surface area contributed by atoms with E-state index in [0.717, 1.165) is 28.8 Å². The van der Waals surface area contributed by atoms with Crippen molar-refractivity contribution in [2.75, 3.05) is 0 Å². The third-order valence-corrected chi connectivity index (χ3v) is 12.9. The number of hydrogen-bond donors (Lipinski definition) is 0. The zero-order valence-corrected chi connectivity index (χ0v) is 33.2. The second-order valence-corrected chi connectivity index (χ2v) is 16.9. The maximum Gasteiger partial charge on any atom is 0.164 e. The van der Waals surface area contributed by atoms with Gasteiger partial charge >= 0.3 is 0 Å². The molecule has 1 unspecified atom stereocenters. The summed E-state index contributed by atoms with van der Waals surface area (Å²) in [5, 5.41) is 9.13. The van der Waals surface area contributed by atoms with Crippen molar-refractivity contribution in [1.29, 1.82) is 0 Å². The van der Waals surface area contributed by atoms with Crippen molar-refractivity contribution in [2.24, 2.45) is 5.92 Å². The molecule has 0 amide bonds. The van der Waals surface area contributed by atoms with Crippen LogP contribution in [-0.2, 0) is 11.8 Å². The smallest absolute Gasteiger partial charge is 0.164 e. The summed E-state index contributed by atoms with van der Waals surface area (Å²) in [7, 11) is 0. The van der Waals surface area contributed by atoms with Crippen molar-refractivity contribution in [1.82, 2.24) is 19.5 Å². The van der Waals surface area contributed by atoms with Crippen LogP contribution in [0.4, 0.5) is 0 Å². The monoisotopic (exact) mass is 756 g/mol. The molecule has 10 aromatic rings. The fraction of sp³-hybridized carbons (Fsp3) is 0.109. The summed E-state index contributed by atoms with van der Waals surface area (Å²) >= 11 is 0. The van der Waals surface area contributed by atoms with Gasteiger partial charge < -0.3 is 4.57 Å². The first-order chi connectivity index (χ1) is 28.9. The molecule has 0 aliphatic heterocycles. The van der Waals surface area contributed by atoms with E-state index < -0.39 is 0 Å². The lowest BCUT2D eigenvalue weighted by molar-refractivity contribution is 0.660.